The van der Waals surface area contributed by atoms with Gasteiger partial charge < -0.3 is 10.5 Å². The highest BCUT2D eigenvalue weighted by Crippen LogP contribution is 2.32. The largest absolute Gasteiger partial charge is 0.461 e. The molecule has 2 heterocycles. The van der Waals surface area contributed by atoms with Gasteiger partial charge in [0.1, 0.15) is 11.5 Å². The lowest BCUT2D eigenvalue weighted by Crippen LogP contribution is -2.03. The Morgan fingerprint density at radius 1 is 1.18 bits per heavy atom. The summed E-state index contributed by atoms with van der Waals surface area (Å²) in [6.07, 6.45) is 5.34. The molecule has 0 atom stereocenters. The topological polar surface area (TPSA) is 73.4 Å². The molecule has 3 rings (SSSR count). The molecule has 6 heteroatoms. The van der Waals surface area contributed by atoms with Gasteiger partial charge in [-0.25, -0.2) is 0 Å². The molecule has 0 amide bonds. The molecule has 142 valence electrons. The van der Waals surface area contributed by atoms with Crippen LogP contribution < -0.4 is 10.5 Å². The number of halogens is 1. The van der Waals surface area contributed by atoms with E-state index in [0.29, 0.717) is 23.1 Å². The van der Waals surface area contributed by atoms with E-state index in [-0.39, 0.29) is 0 Å². The molecule has 0 saturated heterocycles. The molecule has 2 N–H and O–H groups in total. The lowest BCUT2D eigenvalue weighted by molar-refractivity contribution is 0.430. The molecule has 0 spiro atoms. The van der Waals surface area contributed by atoms with Crippen molar-refractivity contribution in [1.82, 2.24) is 9.97 Å². The number of hydrogen-bond donors (Lipinski definition) is 1. The molecule has 0 radical (unpaired) electrons. The summed E-state index contributed by atoms with van der Waals surface area (Å²) in [5, 5.41) is 0.583. The quantitative estimate of drug-likeness (QED) is 0.489. The van der Waals surface area contributed by atoms with Crippen LogP contribution in [0.5, 0.6) is 5.75 Å². The lowest BCUT2D eigenvalue weighted by Gasteiger charge is -2.12. The average Bonchev–Trinajstić information content (AvgIpc) is 2.73. The summed E-state index contributed by atoms with van der Waals surface area (Å²) in [6, 6.07) is 15.0. The minimum atomic E-state index is 0.450. The molecule has 0 saturated carbocycles. The number of allylic oxidation sites excluding steroid dienone is 2. The van der Waals surface area contributed by atoms with Gasteiger partial charge in [0.05, 0.1) is 17.1 Å². The summed E-state index contributed by atoms with van der Waals surface area (Å²) < 4.78 is 6.09. The van der Waals surface area contributed by atoms with E-state index >= 15 is 0 Å². The number of aliphatic imine (C=N–C) groups is 1. The first-order valence-corrected chi connectivity index (χ1v) is 9.17. The van der Waals surface area contributed by atoms with Crippen molar-refractivity contribution in [2.75, 3.05) is 7.05 Å². The van der Waals surface area contributed by atoms with Crippen LogP contribution in [0, 0.1) is 0 Å². The molecular weight excluding hydrogens is 372 g/mol. The third kappa shape index (κ3) is 4.82. The van der Waals surface area contributed by atoms with Crippen LogP contribution in [0.15, 0.2) is 77.8 Å². The summed E-state index contributed by atoms with van der Waals surface area (Å²) in [7, 11) is 1.72. The van der Waals surface area contributed by atoms with Crippen molar-refractivity contribution >= 4 is 17.3 Å². The summed E-state index contributed by atoms with van der Waals surface area (Å²) >= 11 is 6.19. The smallest absolute Gasteiger partial charge is 0.137 e. The number of hydrogen-bond acceptors (Lipinski definition) is 5. The molecule has 3 aromatic rings. The fourth-order valence-electron chi connectivity index (χ4n) is 2.66. The predicted molar refractivity (Wildman–Crippen MR) is 114 cm³/mol. The van der Waals surface area contributed by atoms with Gasteiger partial charge in [-0.2, -0.15) is 0 Å². The van der Waals surface area contributed by atoms with Crippen molar-refractivity contribution in [2.45, 2.75) is 13.5 Å². The van der Waals surface area contributed by atoms with E-state index in [1.807, 2.05) is 55.5 Å². The van der Waals surface area contributed by atoms with Crippen molar-refractivity contribution in [3.8, 4) is 17.0 Å². The fraction of sp³-hybridized carbons (Fsp3) is 0.136. The molecule has 0 unspecified atom stereocenters. The molecule has 0 aliphatic carbocycles. The van der Waals surface area contributed by atoms with Crippen LogP contribution in [-0.4, -0.2) is 22.7 Å². The monoisotopic (exact) mass is 392 g/mol. The lowest BCUT2D eigenvalue weighted by atomic mass is 10.1. The first-order chi connectivity index (χ1) is 13.6. The minimum Gasteiger partial charge on any atom is -0.461 e. The van der Waals surface area contributed by atoms with Crippen LogP contribution in [0.25, 0.3) is 11.3 Å². The van der Waals surface area contributed by atoms with Crippen LogP contribution >= 0.6 is 11.6 Å². The molecule has 0 aliphatic heterocycles. The van der Waals surface area contributed by atoms with Crippen molar-refractivity contribution in [3.63, 3.8) is 0 Å². The number of benzene rings is 1. The number of pyridine rings is 2. The van der Waals surface area contributed by atoms with Crippen molar-refractivity contribution < 1.29 is 4.74 Å². The number of ether oxygens (including phenoxy) is 1. The molecular formula is C22H21ClN4O. The Hall–Kier alpha value is -3.02. The molecule has 2 aromatic heterocycles. The van der Waals surface area contributed by atoms with Gasteiger partial charge in [-0.05, 0) is 42.8 Å². The van der Waals surface area contributed by atoms with Crippen LogP contribution in [0.3, 0.4) is 0 Å². The van der Waals surface area contributed by atoms with Crippen molar-refractivity contribution in [2.24, 2.45) is 10.7 Å². The maximum absolute atomic E-state index is 6.19. The second-order valence-electron chi connectivity index (χ2n) is 6.08. The van der Waals surface area contributed by atoms with E-state index in [9.17, 15) is 0 Å². The van der Waals surface area contributed by atoms with E-state index in [4.69, 9.17) is 22.1 Å². The van der Waals surface area contributed by atoms with E-state index in [1.165, 1.54) is 0 Å². The Balaban J connectivity index is 1.91. The average molecular weight is 393 g/mol. The number of rotatable bonds is 6. The zero-order chi connectivity index (χ0) is 19.9. The Morgan fingerprint density at radius 2 is 2.04 bits per heavy atom. The van der Waals surface area contributed by atoms with Gasteiger partial charge in [0.25, 0.3) is 0 Å². The Kier molecular flexibility index (Phi) is 6.53. The summed E-state index contributed by atoms with van der Waals surface area (Å²) in [4.78, 5) is 13.1. The first-order valence-electron chi connectivity index (χ1n) is 8.80. The Bertz CT molecular complexity index is 999. The number of nitrogens with zero attached hydrogens (tertiary/aromatic N) is 3. The van der Waals surface area contributed by atoms with Crippen LogP contribution in [0.1, 0.15) is 18.2 Å². The third-order valence-electron chi connectivity index (χ3n) is 4.06. The molecule has 1 aromatic carbocycles. The standard InChI is InChI=1S/C22H21ClN4O/c1-15(11-21(25-2)20-5-3-4-10-26-20)28-22-12-17(23)7-8-18(22)19-9-6-16(13-24)14-27-19/h3-12,14H,13,24H2,1-2H3/b15-11+,25-21?. The van der Waals surface area contributed by atoms with Crippen molar-refractivity contribution in [1.29, 1.82) is 0 Å². The normalized spacial score (nSPS) is 12.1. The van der Waals surface area contributed by atoms with E-state index < -0.39 is 0 Å². The molecule has 0 aliphatic rings. The predicted octanol–water partition coefficient (Wildman–Crippen LogP) is 4.66. The van der Waals surface area contributed by atoms with Gasteiger partial charge in [-0.15, -0.1) is 0 Å². The second-order valence-corrected chi connectivity index (χ2v) is 6.51. The van der Waals surface area contributed by atoms with Crippen LogP contribution in [0.2, 0.25) is 5.02 Å². The number of aromatic nitrogens is 2. The summed E-state index contributed by atoms with van der Waals surface area (Å²) in [5.41, 5.74) is 9.75. The Labute approximate surface area is 169 Å². The second kappa shape index (κ2) is 9.26. The van der Waals surface area contributed by atoms with Gasteiger partial charge in [0.15, 0.2) is 0 Å². The van der Waals surface area contributed by atoms with E-state index in [1.54, 1.807) is 25.5 Å². The molecule has 28 heavy (non-hydrogen) atoms. The zero-order valence-electron chi connectivity index (χ0n) is 15.8. The molecule has 0 bridgehead atoms. The summed E-state index contributed by atoms with van der Waals surface area (Å²) in [6.45, 7) is 2.31. The van der Waals surface area contributed by atoms with Gasteiger partial charge in [0.2, 0.25) is 0 Å². The van der Waals surface area contributed by atoms with Gasteiger partial charge >= 0.3 is 0 Å². The highest BCUT2D eigenvalue weighted by atomic mass is 35.5. The maximum Gasteiger partial charge on any atom is 0.137 e. The first kappa shape index (κ1) is 19.7. The Morgan fingerprint density at radius 3 is 2.68 bits per heavy atom. The maximum atomic E-state index is 6.19. The van der Waals surface area contributed by atoms with Gasteiger partial charge in [-0.1, -0.05) is 23.7 Å². The zero-order valence-corrected chi connectivity index (χ0v) is 16.5. The van der Waals surface area contributed by atoms with E-state index in [0.717, 1.165) is 28.2 Å². The SMILES string of the molecule is CN=C(/C=C(\C)Oc1cc(Cl)ccc1-c1ccc(CN)cn1)c1ccccn1. The molecule has 0 fully saturated rings. The van der Waals surface area contributed by atoms with Crippen LogP contribution in [0.4, 0.5) is 0 Å². The van der Waals surface area contributed by atoms with Crippen molar-refractivity contribution in [3.05, 3.63) is 89.0 Å². The minimum absolute atomic E-state index is 0.450. The van der Waals surface area contributed by atoms with E-state index in [2.05, 4.69) is 15.0 Å². The fourth-order valence-corrected chi connectivity index (χ4v) is 2.82. The highest BCUT2D eigenvalue weighted by molar-refractivity contribution is 6.30. The number of nitrogens with two attached hydrogens (primary N) is 1. The van der Waals surface area contributed by atoms with Crippen LogP contribution in [-0.2, 0) is 6.54 Å². The molecule has 5 nitrogen and oxygen atoms in total. The summed E-state index contributed by atoms with van der Waals surface area (Å²) in [5.74, 6) is 1.28. The van der Waals surface area contributed by atoms with Gasteiger partial charge in [0, 0.05) is 48.7 Å². The third-order valence-corrected chi connectivity index (χ3v) is 4.29. The van der Waals surface area contributed by atoms with Gasteiger partial charge in [-0.3, -0.25) is 15.0 Å². The highest BCUT2D eigenvalue weighted by Gasteiger charge is 2.11.